The summed E-state index contributed by atoms with van der Waals surface area (Å²) in [5.41, 5.74) is 2.43. The third kappa shape index (κ3) is 9.00. The summed E-state index contributed by atoms with van der Waals surface area (Å²) < 4.78 is 65.7. The summed E-state index contributed by atoms with van der Waals surface area (Å²) in [4.78, 5) is 66.5. The highest BCUT2D eigenvalue weighted by atomic mass is 32.2. The Kier molecular flexibility index (Phi) is 12.0. The number of piperidine rings is 1. The van der Waals surface area contributed by atoms with Crippen molar-refractivity contribution in [2.24, 2.45) is 0 Å². The molecule has 19 heteroatoms. The molecule has 64 heavy (non-hydrogen) atoms. The van der Waals surface area contributed by atoms with Crippen LogP contribution >= 0.6 is 0 Å². The van der Waals surface area contributed by atoms with Crippen LogP contribution in [0.3, 0.4) is 0 Å². The lowest BCUT2D eigenvalue weighted by atomic mass is 9.99. The average molecular weight is 896 g/mol. The van der Waals surface area contributed by atoms with Crippen molar-refractivity contribution in [1.29, 1.82) is 0 Å². The summed E-state index contributed by atoms with van der Waals surface area (Å²) in [6, 6.07) is 19.0. The Balaban J connectivity index is 0.771. The van der Waals surface area contributed by atoms with Gasteiger partial charge in [0.1, 0.15) is 17.2 Å². The number of ketones is 1. The van der Waals surface area contributed by atoms with E-state index in [0.29, 0.717) is 74.3 Å². The third-order valence-corrected chi connectivity index (χ3v) is 13.9. The van der Waals surface area contributed by atoms with E-state index >= 15 is 8.78 Å². The number of nitrogens with one attached hydrogen (secondary N) is 3. The van der Waals surface area contributed by atoms with E-state index in [0.717, 1.165) is 55.2 Å². The smallest absolute Gasteiger partial charge is 0.301 e. The Morgan fingerprint density at radius 3 is 2.14 bits per heavy atom. The van der Waals surface area contributed by atoms with Crippen molar-refractivity contribution >= 4 is 61.8 Å². The molecule has 3 N–H and O–H groups in total. The van der Waals surface area contributed by atoms with Crippen molar-refractivity contribution in [1.82, 2.24) is 29.4 Å². The first-order valence-electron chi connectivity index (χ1n) is 21.4. The molecule has 6 heterocycles. The molecular weight excluding hydrogens is 849 g/mol. The number of aromatic nitrogens is 2. The predicted octanol–water partition coefficient (Wildman–Crippen LogP) is 4.15. The Hall–Kier alpha value is -6.44. The number of piperazine rings is 2. The van der Waals surface area contributed by atoms with E-state index in [1.807, 2.05) is 53.4 Å². The van der Waals surface area contributed by atoms with Gasteiger partial charge in [0.25, 0.3) is 5.91 Å². The molecule has 4 fully saturated rings. The lowest BCUT2D eigenvalue weighted by Gasteiger charge is -2.39. The van der Waals surface area contributed by atoms with Crippen LogP contribution in [0.5, 0.6) is 5.75 Å². The summed E-state index contributed by atoms with van der Waals surface area (Å²) in [7, 11) is -4.09. The molecule has 0 spiro atoms. The van der Waals surface area contributed by atoms with Crippen LogP contribution in [0, 0.1) is 11.6 Å². The SMILES string of the molecule is O=C1CCC(Oc2ccc(N3CCN(CC(=O)N4CCN(c5ccc(-c6cnc7[nH]cc(C(=O)c8c(F)ccc(NS(=O)(=O)N9CCCC9)c8F)c7c6)cc5)CC4)CC3)cc2)C(=O)N1. The van der Waals surface area contributed by atoms with Crippen molar-refractivity contribution in [2.45, 2.75) is 31.8 Å². The molecule has 1 unspecified atom stereocenters. The van der Waals surface area contributed by atoms with Crippen molar-refractivity contribution in [3.63, 3.8) is 0 Å². The zero-order valence-electron chi connectivity index (χ0n) is 34.9. The first kappa shape index (κ1) is 42.8. The van der Waals surface area contributed by atoms with Crippen LogP contribution in [-0.4, -0.2) is 134 Å². The lowest BCUT2D eigenvalue weighted by molar-refractivity contribution is -0.139. The minimum atomic E-state index is -4.09. The number of nitrogens with zero attached hydrogens (tertiary/aromatic N) is 6. The maximum atomic E-state index is 15.7. The second-order valence-corrected chi connectivity index (χ2v) is 18.0. The van der Waals surface area contributed by atoms with Gasteiger partial charge in [-0.1, -0.05) is 12.1 Å². The van der Waals surface area contributed by atoms with Gasteiger partial charge in [-0.25, -0.2) is 13.8 Å². The number of pyridine rings is 1. The summed E-state index contributed by atoms with van der Waals surface area (Å²) >= 11 is 0. The standard InChI is InChI=1S/C45H47F2N9O7S/c46-36-11-12-37(51-64(61,62)56-15-1-2-16-56)42(47)41(36)43(59)35-27-49-44-34(35)25-30(26-48-44)29-3-5-31(6-4-29)54-21-23-55(24-22-54)40(58)28-52-17-19-53(20-18-52)32-7-9-33(10-8-32)63-38-13-14-39(57)50-45(38)60/h3-12,25-27,38,51H,1-2,13-24,28H2,(H,48,49)(H,50,57,60). The number of halogens is 2. The molecule has 5 aromatic rings. The molecule has 16 nitrogen and oxygen atoms in total. The largest absolute Gasteiger partial charge is 0.481 e. The molecule has 0 radical (unpaired) electrons. The number of anilines is 3. The highest BCUT2D eigenvalue weighted by molar-refractivity contribution is 7.90. The van der Waals surface area contributed by atoms with E-state index in [9.17, 15) is 27.6 Å². The Morgan fingerprint density at radius 1 is 0.812 bits per heavy atom. The van der Waals surface area contributed by atoms with E-state index in [1.54, 1.807) is 12.3 Å². The van der Waals surface area contributed by atoms with E-state index in [1.165, 1.54) is 10.5 Å². The second-order valence-electron chi connectivity index (χ2n) is 16.4. The monoisotopic (exact) mass is 895 g/mol. The predicted molar refractivity (Wildman–Crippen MR) is 235 cm³/mol. The molecule has 0 saturated carbocycles. The number of hydrogen-bond acceptors (Lipinski definition) is 11. The number of rotatable bonds is 12. The number of carbonyl (C=O) groups excluding carboxylic acids is 4. The van der Waals surface area contributed by atoms with Gasteiger partial charge in [-0.2, -0.15) is 12.7 Å². The third-order valence-electron chi connectivity index (χ3n) is 12.3. The highest BCUT2D eigenvalue weighted by Crippen LogP contribution is 2.31. The number of ether oxygens (including phenoxy) is 1. The molecule has 4 aliphatic heterocycles. The maximum Gasteiger partial charge on any atom is 0.301 e. The maximum absolute atomic E-state index is 15.7. The van der Waals surface area contributed by atoms with Gasteiger partial charge >= 0.3 is 10.2 Å². The number of imide groups is 1. The van der Waals surface area contributed by atoms with Crippen LogP contribution in [0.25, 0.3) is 22.2 Å². The molecule has 4 aliphatic rings. The molecule has 9 rings (SSSR count). The quantitative estimate of drug-likeness (QED) is 0.121. The van der Waals surface area contributed by atoms with Crippen molar-refractivity contribution in [3.8, 4) is 16.9 Å². The highest BCUT2D eigenvalue weighted by Gasteiger charge is 2.31. The molecule has 334 valence electrons. The fraction of sp³-hybridized carbons (Fsp3) is 0.356. The second kappa shape index (κ2) is 18.0. The summed E-state index contributed by atoms with van der Waals surface area (Å²) in [5, 5.41) is 2.66. The van der Waals surface area contributed by atoms with E-state index < -0.39 is 50.9 Å². The van der Waals surface area contributed by atoms with Gasteiger partial charge in [-0.05, 0) is 73.0 Å². The van der Waals surface area contributed by atoms with Gasteiger partial charge in [-0.15, -0.1) is 0 Å². The normalized spacial score (nSPS) is 19.0. The molecule has 3 amide bonds. The number of fused-ring (bicyclic) bond motifs is 1. The zero-order valence-corrected chi connectivity index (χ0v) is 35.7. The van der Waals surface area contributed by atoms with Crippen LogP contribution in [0.4, 0.5) is 25.8 Å². The summed E-state index contributed by atoms with van der Waals surface area (Å²) in [5.74, 6) is -3.41. The lowest BCUT2D eigenvalue weighted by Crippen LogP contribution is -2.54. The zero-order chi connectivity index (χ0) is 44.5. The molecule has 3 aromatic carbocycles. The van der Waals surface area contributed by atoms with Crippen LogP contribution in [0.2, 0.25) is 0 Å². The number of hydrogen-bond donors (Lipinski definition) is 3. The van der Waals surface area contributed by atoms with Crippen LogP contribution < -0.4 is 24.6 Å². The van der Waals surface area contributed by atoms with Gasteiger partial charge in [0.2, 0.25) is 17.6 Å². The topological polar surface area (TPSA) is 181 Å². The Morgan fingerprint density at radius 2 is 1.47 bits per heavy atom. The number of benzene rings is 3. The molecular formula is C45H47F2N9O7S. The van der Waals surface area contributed by atoms with Crippen molar-refractivity contribution in [2.75, 3.05) is 86.5 Å². The molecule has 0 aliphatic carbocycles. The van der Waals surface area contributed by atoms with Crippen molar-refractivity contribution in [3.05, 3.63) is 102 Å². The van der Waals surface area contributed by atoms with Gasteiger partial charge < -0.3 is 24.4 Å². The molecule has 4 saturated heterocycles. The number of H-pyrrole nitrogens is 1. The van der Waals surface area contributed by atoms with Crippen LogP contribution in [0.1, 0.15) is 41.6 Å². The fourth-order valence-corrected chi connectivity index (χ4v) is 9.98. The van der Waals surface area contributed by atoms with E-state index in [4.69, 9.17) is 4.74 Å². The van der Waals surface area contributed by atoms with Gasteiger partial charge in [0, 0.05) is 119 Å². The number of amides is 3. The number of aromatic amines is 1. The van der Waals surface area contributed by atoms with E-state index in [-0.39, 0.29) is 36.9 Å². The van der Waals surface area contributed by atoms with Gasteiger partial charge in [0.05, 0.1) is 17.8 Å². The van der Waals surface area contributed by atoms with Gasteiger partial charge in [0.15, 0.2) is 11.9 Å². The number of carbonyl (C=O) groups is 4. The summed E-state index contributed by atoms with van der Waals surface area (Å²) in [6.07, 6.45) is 4.26. The first-order chi connectivity index (χ1) is 30.9. The van der Waals surface area contributed by atoms with Crippen LogP contribution in [-0.2, 0) is 24.6 Å². The Labute approximate surface area is 368 Å². The van der Waals surface area contributed by atoms with Crippen molar-refractivity contribution < 1.29 is 41.1 Å². The van der Waals surface area contributed by atoms with Crippen LogP contribution in [0.15, 0.2) is 79.1 Å². The minimum absolute atomic E-state index is 0.0174. The van der Waals surface area contributed by atoms with Gasteiger partial charge in [-0.3, -0.25) is 34.1 Å². The minimum Gasteiger partial charge on any atom is -0.481 e. The van der Waals surface area contributed by atoms with E-state index in [2.05, 4.69) is 34.7 Å². The summed E-state index contributed by atoms with van der Waals surface area (Å²) in [6.45, 7) is 6.45. The first-order valence-corrected chi connectivity index (χ1v) is 22.8. The molecule has 0 bridgehead atoms. The fourth-order valence-electron chi connectivity index (χ4n) is 8.68. The Bertz CT molecular complexity index is 2690. The molecule has 1 atom stereocenters. The molecule has 2 aromatic heterocycles. The average Bonchev–Trinajstić information content (AvgIpc) is 4.01.